The number of morpholine rings is 1. The summed E-state index contributed by atoms with van der Waals surface area (Å²) in [5, 5.41) is 9.22. The Morgan fingerprint density at radius 1 is 1.17 bits per heavy atom. The lowest BCUT2D eigenvalue weighted by atomic mass is 10.1. The number of aromatic nitrogens is 3. The van der Waals surface area contributed by atoms with Crippen molar-refractivity contribution in [3.63, 3.8) is 0 Å². The van der Waals surface area contributed by atoms with Crippen LogP contribution in [0.5, 0.6) is 0 Å². The van der Waals surface area contributed by atoms with Gasteiger partial charge in [0.1, 0.15) is 35.0 Å². The van der Waals surface area contributed by atoms with E-state index in [1.54, 1.807) is 26.0 Å². The molecule has 2 aromatic heterocycles. The van der Waals surface area contributed by atoms with Crippen LogP contribution in [0.15, 0.2) is 23.3 Å². The van der Waals surface area contributed by atoms with Crippen LogP contribution in [-0.4, -0.2) is 64.7 Å². The Labute approximate surface area is 174 Å². The SMILES string of the molecule is Cc1cc(Nc2cc(NCCN3CCOCC3)ncn2)c(=O)n2c1C(=O)NC2(C)C. The molecule has 1 amide bonds. The first kappa shape index (κ1) is 20.3. The third-order valence-corrected chi connectivity index (χ3v) is 5.35. The standard InChI is InChI=1S/C20H27N7O3/c1-13-10-14(19(29)27-17(13)18(28)25-20(27,2)3)24-16-11-15(22-12-23-16)21-4-5-26-6-8-30-9-7-26/h10-12H,4-9H2,1-3H3,(H,25,28)(H2,21,22,23,24). The Bertz CT molecular complexity index is 1010. The summed E-state index contributed by atoms with van der Waals surface area (Å²) in [7, 11) is 0. The van der Waals surface area contributed by atoms with Crippen molar-refractivity contribution >= 4 is 23.2 Å². The normalized spacial score (nSPS) is 18.0. The van der Waals surface area contributed by atoms with Gasteiger partial charge in [0, 0.05) is 32.2 Å². The van der Waals surface area contributed by atoms with Gasteiger partial charge in [-0.05, 0) is 32.4 Å². The predicted octanol–water partition coefficient (Wildman–Crippen LogP) is 0.870. The highest BCUT2D eigenvalue weighted by Gasteiger charge is 2.37. The topological polar surface area (TPSA) is 113 Å². The van der Waals surface area contributed by atoms with Gasteiger partial charge in [-0.2, -0.15) is 0 Å². The molecular weight excluding hydrogens is 386 g/mol. The fourth-order valence-electron chi connectivity index (χ4n) is 3.87. The van der Waals surface area contributed by atoms with E-state index in [0.717, 1.165) is 45.0 Å². The molecule has 160 valence electrons. The van der Waals surface area contributed by atoms with Crippen molar-refractivity contribution in [1.82, 2.24) is 24.8 Å². The van der Waals surface area contributed by atoms with Crippen LogP contribution >= 0.6 is 0 Å². The molecule has 0 aromatic carbocycles. The highest BCUT2D eigenvalue weighted by molar-refractivity contribution is 5.96. The van der Waals surface area contributed by atoms with Crippen LogP contribution in [0.25, 0.3) is 0 Å². The maximum atomic E-state index is 13.0. The quantitative estimate of drug-likeness (QED) is 0.639. The van der Waals surface area contributed by atoms with Crippen LogP contribution in [0.1, 0.15) is 29.9 Å². The number of hydrogen-bond donors (Lipinski definition) is 3. The smallest absolute Gasteiger partial charge is 0.276 e. The summed E-state index contributed by atoms with van der Waals surface area (Å²) >= 11 is 0. The van der Waals surface area contributed by atoms with Gasteiger partial charge < -0.3 is 20.7 Å². The Morgan fingerprint density at radius 3 is 2.67 bits per heavy atom. The van der Waals surface area contributed by atoms with E-state index in [1.165, 1.54) is 10.9 Å². The van der Waals surface area contributed by atoms with Gasteiger partial charge in [0.05, 0.1) is 13.2 Å². The lowest BCUT2D eigenvalue weighted by Crippen LogP contribution is -2.42. The first-order chi connectivity index (χ1) is 14.3. The van der Waals surface area contributed by atoms with Gasteiger partial charge in [-0.15, -0.1) is 0 Å². The minimum absolute atomic E-state index is 0.241. The molecule has 3 N–H and O–H groups in total. The number of hydrogen-bond acceptors (Lipinski definition) is 8. The molecule has 10 nitrogen and oxygen atoms in total. The minimum Gasteiger partial charge on any atom is -0.379 e. The minimum atomic E-state index is -0.788. The summed E-state index contributed by atoms with van der Waals surface area (Å²) < 4.78 is 6.86. The van der Waals surface area contributed by atoms with E-state index in [0.29, 0.717) is 23.0 Å². The number of rotatable bonds is 6. The first-order valence-corrected chi connectivity index (χ1v) is 10.1. The van der Waals surface area contributed by atoms with E-state index in [1.807, 2.05) is 6.92 Å². The van der Waals surface area contributed by atoms with E-state index in [2.05, 4.69) is 30.8 Å². The second-order valence-corrected chi connectivity index (χ2v) is 8.04. The number of nitrogens with zero attached hydrogens (tertiary/aromatic N) is 4. The maximum Gasteiger partial charge on any atom is 0.276 e. The van der Waals surface area contributed by atoms with Crippen molar-refractivity contribution < 1.29 is 9.53 Å². The van der Waals surface area contributed by atoms with Crippen molar-refractivity contribution in [2.45, 2.75) is 26.4 Å². The monoisotopic (exact) mass is 413 g/mol. The molecule has 4 heterocycles. The van der Waals surface area contributed by atoms with Crippen molar-refractivity contribution in [3.8, 4) is 0 Å². The van der Waals surface area contributed by atoms with E-state index in [9.17, 15) is 9.59 Å². The third kappa shape index (κ3) is 4.01. The van der Waals surface area contributed by atoms with Gasteiger partial charge in [0.25, 0.3) is 11.5 Å². The highest BCUT2D eigenvalue weighted by Crippen LogP contribution is 2.25. The van der Waals surface area contributed by atoms with Crippen LogP contribution in [0.4, 0.5) is 17.3 Å². The molecule has 0 bridgehead atoms. The number of fused-ring (bicyclic) bond motifs is 1. The van der Waals surface area contributed by atoms with E-state index >= 15 is 0 Å². The number of carbonyl (C=O) groups excluding carboxylic acids is 1. The molecule has 30 heavy (non-hydrogen) atoms. The summed E-state index contributed by atoms with van der Waals surface area (Å²) in [4.78, 5) is 36.1. The molecule has 0 spiro atoms. The van der Waals surface area contributed by atoms with Crippen LogP contribution in [0, 0.1) is 6.92 Å². The van der Waals surface area contributed by atoms with Gasteiger partial charge >= 0.3 is 0 Å². The largest absolute Gasteiger partial charge is 0.379 e. The Kier molecular flexibility index (Phi) is 5.44. The summed E-state index contributed by atoms with van der Waals surface area (Å²) in [5.74, 6) is 0.942. The second-order valence-electron chi connectivity index (χ2n) is 8.04. The Morgan fingerprint density at radius 2 is 1.90 bits per heavy atom. The zero-order valence-electron chi connectivity index (χ0n) is 17.5. The summed E-state index contributed by atoms with van der Waals surface area (Å²) in [6.07, 6.45) is 1.45. The third-order valence-electron chi connectivity index (χ3n) is 5.35. The molecule has 2 aliphatic rings. The first-order valence-electron chi connectivity index (χ1n) is 10.1. The zero-order chi connectivity index (χ0) is 21.3. The lowest BCUT2D eigenvalue weighted by Gasteiger charge is -2.26. The predicted molar refractivity (Wildman–Crippen MR) is 113 cm³/mol. The second kappa shape index (κ2) is 8.04. The number of anilines is 3. The van der Waals surface area contributed by atoms with Gasteiger partial charge in [-0.1, -0.05) is 0 Å². The number of pyridine rings is 1. The van der Waals surface area contributed by atoms with E-state index in [4.69, 9.17) is 4.74 Å². The molecule has 0 atom stereocenters. The van der Waals surface area contributed by atoms with Gasteiger partial charge in [0.15, 0.2) is 0 Å². The molecule has 0 radical (unpaired) electrons. The number of aryl methyl sites for hydroxylation is 1. The number of nitrogens with one attached hydrogen (secondary N) is 3. The molecule has 2 aromatic rings. The van der Waals surface area contributed by atoms with Gasteiger partial charge in [-0.3, -0.25) is 19.1 Å². The molecule has 0 unspecified atom stereocenters. The lowest BCUT2D eigenvalue weighted by molar-refractivity contribution is 0.0398. The molecule has 1 saturated heterocycles. The highest BCUT2D eigenvalue weighted by atomic mass is 16.5. The number of amides is 1. The molecule has 2 aliphatic heterocycles. The number of ether oxygens (including phenoxy) is 1. The average Bonchev–Trinajstić information content (AvgIpc) is 2.96. The van der Waals surface area contributed by atoms with Crippen molar-refractivity contribution in [2.75, 3.05) is 50.0 Å². The van der Waals surface area contributed by atoms with Crippen molar-refractivity contribution in [3.05, 3.63) is 40.1 Å². The van der Waals surface area contributed by atoms with Crippen molar-refractivity contribution in [1.29, 1.82) is 0 Å². The molecule has 0 saturated carbocycles. The van der Waals surface area contributed by atoms with Gasteiger partial charge in [0.2, 0.25) is 0 Å². The molecular formula is C20H27N7O3. The summed E-state index contributed by atoms with van der Waals surface area (Å²) in [6, 6.07) is 3.45. The maximum absolute atomic E-state index is 13.0. The Hall–Kier alpha value is -2.98. The summed E-state index contributed by atoms with van der Waals surface area (Å²) in [5.41, 5.74) is 0.407. The van der Waals surface area contributed by atoms with Crippen LogP contribution in [0.2, 0.25) is 0 Å². The zero-order valence-corrected chi connectivity index (χ0v) is 17.5. The Balaban J connectivity index is 1.49. The van der Waals surface area contributed by atoms with Gasteiger partial charge in [-0.25, -0.2) is 9.97 Å². The summed E-state index contributed by atoms with van der Waals surface area (Å²) in [6.45, 7) is 10.5. The van der Waals surface area contributed by atoms with E-state index in [-0.39, 0.29) is 11.5 Å². The molecule has 0 aliphatic carbocycles. The molecule has 10 heteroatoms. The van der Waals surface area contributed by atoms with Crippen molar-refractivity contribution in [2.24, 2.45) is 0 Å². The average molecular weight is 413 g/mol. The van der Waals surface area contributed by atoms with Crippen LogP contribution < -0.4 is 21.5 Å². The fraction of sp³-hybridized carbons (Fsp3) is 0.500. The molecule has 1 fully saturated rings. The fourth-order valence-corrected chi connectivity index (χ4v) is 3.87. The van der Waals surface area contributed by atoms with Crippen LogP contribution in [0.3, 0.4) is 0 Å². The number of carbonyl (C=O) groups is 1. The molecule has 4 rings (SSSR count). The van der Waals surface area contributed by atoms with Crippen LogP contribution in [-0.2, 0) is 10.4 Å². The van der Waals surface area contributed by atoms with E-state index < -0.39 is 5.66 Å².